The Hall–Kier alpha value is -3.60. The lowest BCUT2D eigenvalue weighted by Crippen LogP contribution is -2.52. The van der Waals surface area contributed by atoms with Crippen LogP contribution >= 0.6 is 0 Å². The van der Waals surface area contributed by atoms with Gasteiger partial charge in [0.05, 0.1) is 18.1 Å². The first-order valence-corrected chi connectivity index (χ1v) is 11.1. The largest absolute Gasteiger partial charge is 0.414 e. The van der Waals surface area contributed by atoms with Gasteiger partial charge in [-0.25, -0.2) is 13.6 Å². The predicted molar refractivity (Wildman–Crippen MR) is 119 cm³/mol. The van der Waals surface area contributed by atoms with Crippen LogP contribution in [0.3, 0.4) is 0 Å². The molecule has 3 heterocycles. The summed E-state index contributed by atoms with van der Waals surface area (Å²) in [6.07, 6.45) is 1.04. The normalized spacial score (nSPS) is 21.1. The number of halogens is 2. The third-order valence-electron chi connectivity index (χ3n) is 6.46. The molecule has 0 radical (unpaired) electrons. The van der Waals surface area contributed by atoms with Crippen LogP contribution in [0.2, 0.25) is 0 Å². The van der Waals surface area contributed by atoms with Crippen LogP contribution in [0.5, 0.6) is 5.75 Å². The van der Waals surface area contributed by atoms with Crippen molar-refractivity contribution in [3.05, 3.63) is 63.1 Å². The van der Waals surface area contributed by atoms with Crippen molar-refractivity contribution in [1.29, 1.82) is 0 Å². The molecule has 0 spiro atoms. The van der Waals surface area contributed by atoms with Crippen molar-refractivity contribution in [3.63, 3.8) is 0 Å². The molecule has 35 heavy (non-hydrogen) atoms. The highest BCUT2D eigenvalue weighted by Crippen LogP contribution is 2.42. The number of ether oxygens (including phenoxy) is 2. The van der Waals surface area contributed by atoms with E-state index in [1.165, 1.54) is 30.9 Å². The Bertz CT molecular complexity index is 1270. The zero-order valence-corrected chi connectivity index (χ0v) is 19.5. The number of rotatable bonds is 4. The molecule has 11 heteroatoms. The molecule has 0 bridgehead atoms. The van der Waals surface area contributed by atoms with E-state index in [4.69, 9.17) is 9.47 Å². The molecule has 2 aromatic rings. The van der Waals surface area contributed by atoms with Gasteiger partial charge in [-0.3, -0.25) is 14.4 Å². The van der Waals surface area contributed by atoms with Gasteiger partial charge >= 0.3 is 6.09 Å². The predicted octanol–water partition coefficient (Wildman–Crippen LogP) is 2.50. The number of nitrogens with zero attached hydrogens (tertiary/aromatic N) is 2. The molecule has 0 aliphatic carbocycles. The number of Topliss-reactive ketones (excluding diaryl/α,β-unsaturated/α-hetero) is 1. The fraction of sp³-hybridized carbons (Fsp3) is 0.417. The average molecular weight is 489 g/mol. The Labute approximate surface area is 199 Å². The molecule has 1 aromatic carbocycles. The maximum absolute atomic E-state index is 14.0. The number of hydrogen-bond donors (Lipinski definition) is 1. The number of benzene rings is 1. The zero-order chi connectivity index (χ0) is 25.5. The molecule has 2 aliphatic heterocycles. The van der Waals surface area contributed by atoms with Crippen molar-refractivity contribution in [1.82, 2.24) is 14.8 Å². The SMILES string of the molecule is CN(C)C(=O)Oc1c2n(cc(C(=O)NCc3ccc(F)cc3F)c1=O)C[C@@H]1OCCC[C@]1(C)C2=O. The maximum Gasteiger partial charge on any atom is 0.414 e. The Kier molecular flexibility index (Phi) is 6.46. The molecule has 1 aromatic heterocycles. The van der Waals surface area contributed by atoms with Gasteiger partial charge in [0.1, 0.15) is 22.9 Å². The Morgan fingerprint density at radius 3 is 2.71 bits per heavy atom. The average Bonchev–Trinajstić information content (AvgIpc) is 2.80. The van der Waals surface area contributed by atoms with Crippen LogP contribution in [-0.2, 0) is 17.8 Å². The van der Waals surface area contributed by atoms with Gasteiger partial charge in [-0.15, -0.1) is 0 Å². The van der Waals surface area contributed by atoms with E-state index in [1.54, 1.807) is 6.92 Å². The summed E-state index contributed by atoms with van der Waals surface area (Å²) < 4.78 is 39.6. The van der Waals surface area contributed by atoms with Crippen LogP contribution in [0, 0.1) is 17.0 Å². The van der Waals surface area contributed by atoms with Crippen LogP contribution in [0.25, 0.3) is 0 Å². The second-order valence-corrected chi connectivity index (χ2v) is 9.09. The van der Waals surface area contributed by atoms with E-state index in [-0.39, 0.29) is 24.3 Å². The van der Waals surface area contributed by atoms with Crippen molar-refractivity contribution in [2.24, 2.45) is 5.41 Å². The van der Waals surface area contributed by atoms with Gasteiger partial charge in [-0.2, -0.15) is 0 Å². The number of aromatic nitrogens is 1. The quantitative estimate of drug-likeness (QED) is 0.707. The lowest BCUT2D eigenvalue weighted by Gasteiger charge is -2.44. The summed E-state index contributed by atoms with van der Waals surface area (Å²) in [7, 11) is 2.82. The monoisotopic (exact) mass is 489 g/mol. The number of hydrogen-bond acceptors (Lipinski definition) is 6. The van der Waals surface area contributed by atoms with Crippen molar-refractivity contribution >= 4 is 17.8 Å². The van der Waals surface area contributed by atoms with Crippen LogP contribution in [0.15, 0.2) is 29.2 Å². The second kappa shape index (κ2) is 9.21. The summed E-state index contributed by atoms with van der Waals surface area (Å²) >= 11 is 0. The Morgan fingerprint density at radius 1 is 1.29 bits per heavy atom. The Morgan fingerprint density at radius 2 is 2.03 bits per heavy atom. The lowest BCUT2D eigenvalue weighted by atomic mass is 9.71. The Balaban J connectivity index is 1.75. The van der Waals surface area contributed by atoms with E-state index in [9.17, 15) is 28.0 Å². The molecule has 2 aliphatic rings. The summed E-state index contributed by atoms with van der Waals surface area (Å²) in [6.45, 7) is 2.07. The standard InChI is InChI=1S/C24H25F2N3O6/c1-24-7-4-8-34-17(24)12-29-11-15(22(32)27-10-13-5-6-14(25)9-16(13)26)19(30)20(18(29)21(24)31)35-23(33)28(2)3/h5-6,9,11,17H,4,7-8,10,12H2,1-3H3,(H,27,32)/t17-,24-/m0/s1. The number of pyridine rings is 1. The third kappa shape index (κ3) is 4.43. The van der Waals surface area contributed by atoms with Crippen molar-refractivity contribution in [3.8, 4) is 5.75 Å². The molecule has 2 amide bonds. The van der Waals surface area contributed by atoms with E-state index in [0.717, 1.165) is 11.0 Å². The molecular weight excluding hydrogens is 464 g/mol. The lowest BCUT2D eigenvalue weighted by molar-refractivity contribution is -0.0740. The fourth-order valence-corrected chi connectivity index (χ4v) is 4.36. The van der Waals surface area contributed by atoms with Crippen molar-refractivity contribution < 1.29 is 32.6 Å². The van der Waals surface area contributed by atoms with E-state index in [2.05, 4.69) is 5.32 Å². The highest BCUT2D eigenvalue weighted by Gasteiger charge is 2.50. The molecule has 9 nitrogen and oxygen atoms in total. The zero-order valence-electron chi connectivity index (χ0n) is 19.5. The van der Waals surface area contributed by atoms with Gasteiger partial charge in [-0.05, 0) is 25.8 Å². The molecular formula is C24H25F2N3O6. The van der Waals surface area contributed by atoms with Crippen molar-refractivity contribution in [2.45, 2.75) is 39.0 Å². The molecule has 186 valence electrons. The van der Waals surface area contributed by atoms with E-state index >= 15 is 0 Å². The fourth-order valence-electron chi connectivity index (χ4n) is 4.36. The minimum absolute atomic E-state index is 0.0126. The molecule has 1 saturated heterocycles. The number of fused-ring (bicyclic) bond motifs is 2. The number of carbonyl (C=O) groups is 3. The van der Waals surface area contributed by atoms with Gasteiger partial charge in [-0.1, -0.05) is 6.07 Å². The van der Waals surface area contributed by atoms with E-state index < -0.39 is 57.7 Å². The molecule has 0 unspecified atom stereocenters. The first-order chi connectivity index (χ1) is 16.5. The molecule has 1 N–H and O–H groups in total. The van der Waals surface area contributed by atoms with Gasteiger partial charge in [0.2, 0.25) is 11.2 Å². The number of amides is 2. The third-order valence-corrected chi connectivity index (χ3v) is 6.46. The molecule has 4 rings (SSSR count). The highest BCUT2D eigenvalue weighted by atomic mass is 19.1. The van der Waals surface area contributed by atoms with Crippen LogP contribution in [0.1, 0.15) is 46.2 Å². The van der Waals surface area contributed by atoms with Gasteiger partial charge in [0, 0.05) is 45.1 Å². The topological polar surface area (TPSA) is 107 Å². The summed E-state index contributed by atoms with van der Waals surface area (Å²) in [5, 5.41) is 2.42. The number of ketones is 1. The summed E-state index contributed by atoms with van der Waals surface area (Å²) in [4.78, 5) is 53.2. The summed E-state index contributed by atoms with van der Waals surface area (Å²) in [5.74, 6) is -3.44. The highest BCUT2D eigenvalue weighted by molar-refractivity contribution is 6.04. The minimum atomic E-state index is -0.948. The molecule has 1 fully saturated rings. The van der Waals surface area contributed by atoms with E-state index in [0.29, 0.717) is 25.5 Å². The van der Waals surface area contributed by atoms with Gasteiger partial charge in [0.15, 0.2) is 5.78 Å². The van der Waals surface area contributed by atoms with Gasteiger partial charge in [0.25, 0.3) is 5.91 Å². The number of nitrogens with one attached hydrogen (secondary N) is 1. The van der Waals surface area contributed by atoms with Crippen LogP contribution in [-0.4, -0.2) is 54.1 Å². The van der Waals surface area contributed by atoms with Crippen LogP contribution in [0.4, 0.5) is 13.6 Å². The summed E-state index contributed by atoms with van der Waals surface area (Å²) in [5.41, 5.74) is -2.34. The van der Waals surface area contributed by atoms with E-state index in [1.807, 2.05) is 0 Å². The maximum atomic E-state index is 14.0. The minimum Gasteiger partial charge on any atom is -0.404 e. The van der Waals surface area contributed by atoms with Crippen LogP contribution < -0.4 is 15.5 Å². The number of carbonyl (C=O) groups excluding carboxylic acids is 3. The summed E-state index contributed by atoms with van der Waals surface area (Å²) in [6, 6.07) is 2.90. The second-order valence-electron chi connectivity index (χ2n) is 9.09. The first-order valence-electron chi connectivity index (χ1n) is 11.1. The van der Waals surface area contributed by atoms with Gasteiger partial charge < -0.3 is 24.3 Å². The molecule has 2 atom stereocenters. The smallest absolute Gasteiger partial charge is 0.404 e. The molecule has 0 saturated carbocycles. The first kappa shape index (κ1) is 24.5. The van der Waals surface area contributed by atoms with Crippen molar-refractivity contribution in [2.75, 3.05) is 20.7 Å².